The zero-order chi connectivity index (χ0) is 52.8. The maximum Gasteiger partial charge on any atom is 0.260 e. The maximum atomic E-state index is 14.1. The minimum absolute atomic E-state index is 0.0970. The molecule has 3 unspecified atom stereocenters. The van der Waals surface area contributed by atoms with Crippen LogP contribution >= 0.6 is 22.7 Å². The molecule has 0 saturated carbocycles. The zero-order valence-electron chi connectivity index (χ0n) is 43.1. The molecule has 76 heavy (non-hydrogen) atoms. The normalized spacial score (nSPS) is 18.3. The summed E-state index contributed by atoms with van der Waals surface area (Å²) in [5.74, 6) is -0.132. The maximum absolute atomic E-state index is 14.1. The van der Waals surface area contributed by atoms with Crippen LogP contribution in [-0.4, -0.2) is 140 Å². The Hall–Kier alpha value is -7.38. The fourth-order valence-corrected chi connectivity index (χ4v) is 12.6. The van der Waals surface area contributed by atoms with Crippen molar-refractivity contribution < 1.29 is 28.7 Å². The predicted octanol–water partition coefficient (Wildman–Crippen LogP) is 6.95. The number of anilines is 4. The second-order valence-electron chi connectivity index (χ2n) is 20.2. The van der Waals surface area contributed by atoms with Gasteiger partial charge in [0.2, 0.25) is 17.7 Å². The molecule has 2 fully saturated rings. The Labute approximate surface area is 445 Å². The molecule has 4 N–H and O–H groups in total. The number of hydrogen-bond donors (Lipinski definition) is 4. The molecule has 8 aromatic rings. The van der Waals surface area contributed by atoms with E-state index in [0.29, 0.717) is 94.1 Å². The Bertz CT molecular complexity index is 3480. The molecule has 0 bridgehead atoms. The number of pyridine rings is 2. The summed E-state index contributed by atoms with van der Waals surface area (Å²) in [6.45, 7) is 14.8. The third kappa shape index (κ3) is 10.3. The van der Waals surface area contributed by atoms with Crippen LogP contribution in [0.1, 0.15) is 78.6 Å². The second kappa shape index (κ2) is 21.3. The standard InChI is InChI=1S/C52H60N16O6S2/c1-29(2)65-24-33(15-43(65)49(72)60-37-17-42(32(5)54-20-37)62-48(71)40-23-58-68-28-45(76-52(40)68)38-21-56-66-9-7-12-74-50(38)66)14-30(3)63-10-8-34(25-63)46(69)59-36-16-41(31(4)53-19-36)61-47(70)39-22-57-67-27-44(75-51(39)67)35-18-55-64(26-35)11-13-73-6/h16-23,26-30,33-34,43H,7-15,24-25H2,1-6H3,(H,59,69)(H,60,72)(H,61,70)(H,62,71)/t30?,33?,34?,43-/m0/s1. The van der Waals surface area contributed by atoms with E-state index in [4.69, 9.17) is 9.47 Å². The smallest absolute Gasteiger partial charge is 0.260 e. The highest BCUT2D eigenvalue weighted by Gasteiger charge is 2.40. The van der Waals surface area contributed by atoms with Crippen LogP contribution in [0.5, 0.6) is 5.88 Å². The van der Waals surface area contributed by atoms with Crippen molar-refractivity contribution in [3.63, 3.8) is 0 Å². The van der Waals surface area contributed by atoms with Crippen molar-refractivity contribution in [1.82, 2.24) is 58.6 Å². The number of likely N-dealkylation sites (tertiary alicyclic amines) is 2. The van der Waals surface area contributed by atoms with Gasteiger partial charge in [0.1, 0.15) is 9.66 Å². The molecule has 8 aromatic heterocycles. The van der Waals surface area contributed by atoms with Crippen molar-refractivity contribution in [2.75, 3.05) is 61.2 Å². The molecule has 4 amide bonds. The molecule has 4 atom stereocenters. The van der Waals surface area contributed by atoms with Crippen LogP contribution in [0, 0.1) is 25.7 Å². The van der Waals surface area contributed by atoms with E-state index in [9.17, 15) is 19.2 Å². The lowest BCUT2D eigenvalue weighted by atomic mass is 9.96. The molecular weight excluding hydrogens is 1010 g/mol. The van der Waals surface area contributed by atoms with Gasteiger partial charge in [0.25, 0.3) is 11.8 Å². The third-order valence-electron chi connectivity index (χ3n) is 14.6. The summed E-state index contributed by atoms with van der Waals surface area (Å²) < 4.78 is 18.1. The van der Waals surface area contributed by atoms with Gasteiger partial charge in [0, 0.05) is 69.4 Å². The van der Waals surface area contributed by atoms with E-state index in [0.717, 1.165) is 59.2 Å². The molecule has 0 spiro atoms. The average Bonchev–Trinajstić information content (AvgIpc) is 4.26. The topological polar surface area (TPSA) is 237 Å². The molecule has 24 heteroatoms. The van der Waals surface area contributed by atoms with Crippen molar-refractivity contribution in [3.8, 4) is 26.8 Å². The highest BCUT2D eigenvalue weighted by molar-refractivity contribution is 7.21. The highest BCUT2D eigenvalue weighted by atomic mass is 32.1. The predicted molar refractivity (Wildman–Crippen MR) is 289 cm³/mol. The second-order valence-corrected chi connectivity index (χ2v) is 22.2. The van der Waals surface area contributed by atoms with E-state index < -0.39 is 0 Å². The van der Waals surface area contributed by atoms with E-state index in [1.54, 1.807) is 72.4 Å². The fraction of sp³-hybridized carbons (Fsp3) is 0.423. The molecule has 0 aliphatic carbocycles. The van der Waals surface area contributed by atoms with Crippen LogP contribution in [-0.2, 0) is 27.4 Å². The summed E-state index contributed by atoms with van der Waals surface area (Å²) in [6.07, 6.45) is 18.8. The molecule has 22 nitrogen and oxygen atoms in total. The molecular formula is C52H60N16O6S2. The molecule has 0 radical (unpaired) electrons. The van der Waals surface area contributed by atoms with Crippen LogP contribution in [0.4, 0.5) is 22.7 Å². The number of nitrogens with zero attached hydrogens (tertiary/aromatic N) is 12. The molecule has 11 heterocycles. The number of thiazole rings is 2. The summed E-state index contributed by atoms with van der Waals surface area (Å²) >= 11 is 2.89. The van der Waals surface area contributed by atoms with E-state index >= 15 is 0 Å². The quantitative estimate of drug-likeness (QED) is 0.0723. The van der Waals surface area contributed by atoms with Crippen molar-refractivity contribution >= 4 is 78.7 Å². The van der Waals surface area contributed by atoms with E-state index in [2.05, 4.69) is 82.2 Å². The monoisotopic (exact) mass is 1070 g/mol. The Morgan fingerprint density at radius 3 is 2.09 bits per heavy atom. The van der Waals surface area contributed by atoms with Gasteiger partial charge in [-0.1, -0.05) is 0 Å². The minimum atomic E-state index is -0.356. The number of ether oxygens (including phenoxy) is 2. The van der Waals surface area contributed by atoms with Crippen LogP contribution < -0.4 is 26.0 Å². The van der Waals surface area contributed by atoms with Gasteiger partial charge >= 0.3 is 0 Å². The molecule has 11 rings (SSSR count). The lowest BCUT2D eigenvalue weighted by molar-refractivity contribution is -0.121. The van der Waals surface area contributed by atoms with Crippen LogP contribution in [0.3, 0.4) is 0 Å². The first-order valence-corrected chi connectivity index (χ1v) is 27.2. The van der Waals surface area contributed by atoms with Crippen molar-refractivity contribution in [3.05, 3.63) is 90.4 Å². The van der Waals surface area contributed by atoms with Crippen molar-refractivity contribution in [1.29, 1.82) is 0 Å². The van der Waals surface area contributed by atoms with Gasteiger partial charge in [-0.3, -0.25) is 43.6 Å². The number of amides is 4. The van der Waals surface area contributed by atoms with Gasteiger partial charge in [-0.15, -0.1) is 22.7 Å². The summed E-state index contributed by atoms with van der Waals surface area (Å²) in [5.41, 5.74) is 5.81. The van der Waals surface area contributed by atoms with E-state index in [1.807, 2.05) is 34.9 Å². The lowest BCUT2D eigenvalue weighted by Gasteiger charge is -2.28. The number of rotatable bonds is 17. The number of fused-ring (bicyclic) bond motifs is 3. The zero-order valence-corrected chi connectivity index (χ0v) is 44.8. The molecule has 3 aliphatic heterocycles. The number of methoxy groups -OCH3 is 1. The number of nitrogens with one attached hydrogen (secondary N) is 4. The van der Waals surface area contributed by atoms with Gasteiger partial charge in [0.15, 0.2) is 0 Å². The summed E-state index contributed by atoms with van der Waals surface area (Å²) in [7, 11) is 1.65. The Kier molecular flexibility index (Phi) is 14.2. The number of aromatic nitrogens is 10. The third-order valence-corrected chi connectivity index (χ3v) is 16.9. The summed E-state index contributed by atoms with van der Waals surface area (Å²) in [4.78, 5) is 72.1. The van der Waals surface area contributed by atoms with E-state index in [-0.39, 0.29) is 53.6 Å². The van der Waals surface area contributed by atoms with Gasteiger partial charge < -0.3 is 30.7 Å². The SMILES string of the molecule is COCCn1cc(-c2cn3ncc(C(=O)Nc4cc(NC(=O)C5CCN(C(C)CC6C[C@@H](C(=O)Nc7cnc(C)c(NC(=O)c8cnn9cc(-c%10cnn%11c%10OCCC%11)sc89)c7)N(C(C)C)C6)C5)cnc4C)c3s2)cn1. The molecule has 0 aromatic carbocycles. The summed E-state index contributed by atoms with van der Waals surface area (Å²) in [6, 6.07) is 3.46. The van der Waals surface area contributed by atoms with Gasteiger partial charge in [-0.2, -0.15) is 20.4 Å². The Morgan fingerprint density at radius 2 is 1.42 bits per heavy atom. The minimum Gasteiger partial charge on any atom is -0.477 e. The first-order chi connectivity index (χ1) is 36.8. The fourth-order valence-electron chi connectivity index (χ4n) is 10.5. The number of hydrogen-bond acceptors (Lipinski definition) is 16. The van der Waals surface area contributed by atoms with Crippen molar-refractivity contribution in [2.24, 2.45) is 11.8 Å². The first kappa shape index (κ1) is 50.8. The highest BCUT2D eigenvalue weighted by Crippen LogP contribution is 2.38. The van der Waals surface area contributed by atoms with Crippen molar-refractivity contribution in [2.45, 2.75) is 91.5 Å². The van der Waals surface area contributed by atoms with Crippen LogP contribution in [0.25, 0.3) is 30.5 Å². The molecule has 396 valence electrons. The Morgan fingerprint density at radius 1 is 0.763 bits per heavy atom. The van der Waals surface area contributed by atoms with Gasteiger partial charge in [0.05, 0.1) is 129 Å². The van der Waals surface area contributed by atoms with Gasteiger partial charge in [-0.05, 0) is 78.5 Å². The number of aryl methyl sites for hydroxylation is 3. The van der Waals surface area contributed by atoms with Crippen LogP contribution in [0.2, 0.25) is 0 Å². The average molecular weight is 1070 g/mol. The van der Waals surface area contributed by atoms with E-state index in [1.165, 1.54) is 22.7 Å². The first-order valence-electron chi connectivity index (χ1n) is 25.6. The van der Waals surface area contributed by atoms with Gasteiger partial charge in [-0.25, -0.2) is 13.7 Å². The lowest BCUT2D eigenvalue weighted by Crippen LogP contribution is -2.43. The number of carbonyl (C=O) groups is 4. The van der Waals surface area contributed by atoms with Crippen LogP contribution in [0.15, 0.2) is 67.9 Å². The summed E-state index contributed by atoms with van der Waals surface area (Å²) in [5, 5.41) is 29.9. The Balaban J connectivity index is 0.673. The molecule has 3 aliphatic rings. The largest absolute Gasteiger partial charge is 0.477 e. The number of carbonyl (C=O) groups excluding carboxylic acids is 4. The molecule has 2 saturated heterocycles.